The van der Waals surface area contributed by atoms with Crippen LogP contribution < -0.4 is 5.73 Å². The minimum absolute atomic E-state index is 0.0662. The molecule has 0 fully saturated rings. The maximum atomic E-state index is 12.0. The number of aryl methyl sites for hydroxylation is 2. The van der Waals surface area contributed by atoms with Crippen molar-refractivity contribution >= 4 is 33.9 Å². The van der Waals surface area contributed by atoms with Gasteiger partial charge in [-0.05, 0) is 42.3 Å². The molecule has 3 aromatic carbocycles. The molecule has 37 heavy (non-hydrogen) atoms. The van der Waals surface area contributed by atoms with Crippen molar-refractivity contribution in [2.45, 2.75) is 32.7 Å². The Morgan fingerprint density at radius 2 is 1.68 bits per heavy atom. The monoisotopic (exact) mass is 494 g/mol. The van der Waals surface area contributed by atoms with Crippen LogP contribution in [0.4, 0.5) is 0 Å². The Bertz CT molecular complexity index is 1600. The van der Waals surface area contributed by atoms with E-state index in [1.807, 2.05) is 56.4 Å². The number of nitrogens with zero attached hydrogens (tertiary/aromatic N) is 4. The molecule has 5 rings (SSSR count). The number of carbonyl (C=O) groups is 1. The van der Waals surface area contributed by atoms with Crippen LogP contribution in [0.2, 0.25) is 0 Å². The molecule has 0 aliphatic heterocycles. The number of hydrogen-bond donors (Lipinski definition) is 2. The maximum absolute atomic E-state index is 12.0. The second-order valence-corrected chi connectivity index (χ2v) is 9.11. The van der Waals surface area contributed by atoms with E-state index >= 15 is 0 Å². The molecule has 2 heterocycles. The number of esters is 1. The van der Waals surface area contributed by atoms with E-state index in [1.54, 1.807) is 0 Å². The molecule has 188 valence electrons. The number of amidine groups is 1. The predicted molar refractivity (Wildman–Crippen MR) is 145 cm³/mol. The minimum Gasteiger partial charge on any atom is -0.466 e. The highest BCUT2D eigenvalue weighted by atomic mass is 16.5. The van der Waals surface area contributed by atoms with Crippen LogP contribution in [0.1, 0.15) is 41.7 Å². The van der Waals surface area contributed by atoms with Crippen LogP contribution in [0.5, 0.6) is 0 Å². The first-order valence-corrected chi connectivity index (χ1v) is 12.4. The minimum atomic E-state index is -0.209. The Balaban J connectivity index is 1.42. The van der Waals surface area contributed by atoms with E-state index < -0.39 is 0 Å². The number of hydrogen-bond acceptors (Lipinski definition) is 5. The van der Waals surface area contributed by atoms with Gasteiger partial charge in [0.05, 0.1) is 35.1 Å². The van der Waals surface area contributed by atoms with Crippen molar-refractivity contribution in [3.63, 3.8) is 0 Å². The molecular weight excluding hydrogens is 464 g/mol. The third-order valence-corrected chi connectivity index (χ3v) is 6.60. The molecule has 0 saturated heterocycles. The largest absolute Gasteiger partial charge is 0.466 e. The van der Waals surface area contributed by atoms with Crippen LogP contribution in [-0.2, 0) is 36.0 Å². The van der Waals surface area contributed by atoms with E-state index in [-0.39, 0.29) is 11.8 Å². The van der Waals surface area contributed by atoms with Gasteiger partial charge in [0.25, 0.3) is 0 Å². The molecule has 5 aromatic rings. The van der Waals surface area contributed by atoms with Gasteiger partial charge in [0.15, 0.2) is 0 Å². The summed E-state index contributed by atoms with van der Waals surface area (Å²) in [4.78, 5) is 21.7. The van der Waals surface area contributed by atoms with Gasteiger partial charge in [-0.25, -0.2) is 9.97 Å². The number of benzene rings is 3. The van der Waals surface area contributed by atoms with Crippen molar-refractivity contribution in [3.8, 4) is 0 Å². The second-order valence-electron chi connectivity index (χ2n) is 9.11. The van der Waals surface area contributed by atoms with Crippen LogP contribution in [0, 0.1) is 5.41 Å². The Labute approximate surface area is 215 Å². The maximum Gasteiger partial charge on any atom is 0.306 e. The number of carbonyl (C=O) groups excluding carboxylic acids is 1. The number of nitrogens with two attached hydrogens (primary N) is 1. The van der Waals surface area contributed by atoms with Crippen molar-refractivity contribution < 1.29 is 9.53 Å². The molecule has 2 aromatic heterocycles. The fraction of sp³-hybridized carbons (Fsp3) is 0.241. The van der Waals surface area contributed by atoms with Gasteiger partial charge in [-0.1, -0.05) is 42.5 Å². The van der Waals surface area contributed by atoms with Gasteiger partial charge >= 0.3 is 5.97 Å². The number of rotatable bonds is 9. The summed E-state index contributed by atoms with van der Waals surface area (Å²) in [6.07, 6.45) is 1.50. The summed E-state index contributed by atoms with van der Waals surface area (Å²) in [6, 6.07) is 22.1. The first-order valence-electron chi connectivity index (χ1n) is 12.4. The Kier molecular flexibility index (Phi) is 6.72. The summed E-state index contributed by atoms with van der Waals surface area (Å²) in [5.41, 5.74) is 12.5. The summed E-state index contributed by atoms with van der Waals surface area (Å²) < 4.78 is 9.41. The summed E-state index contributed by atoms with van der Waals surface area (Å²) >= 11 is 0. The number of para-hydroxylation sites is 2. The molecule has 0 bridgehead atoms. The smallest absolute Gasteiger partial charge is 0.306 e. The third kappa shape index (κ3) is 5.09. The molecule has 8 heteroatoms. The highest BCUT2D eigenvalue weighted by Crippen LogP contribution is 2.23. The van der Waals surface area contributed by atoms with E-state index in [2.05, 4.69) is 33.4 Å². The van der Waals surface area contributed by atoms with Crippen molar-refractivity contribution in [2.24, 2.45) is 12.8 Å². The fourth-order valence-electron chi connectivity index (χ4n) is 4.66. The fourth-order valence-corrected chi connectivity index (χ4v) is 4.66. The van der Waals surface area contributed by atoms with Gasteiger partial charge in [0, 0.05) is 32.0 Å². The molecule has 0 amide bonds. The molecule has 0 saturated carbocycles. The average Bonchev–Trinajstić information content (AvgIpc) is 3.40. The zero-order valence-corrected chi connectivity index (χ0v) is 21.1. The van der Waals surface area contributed by atoms with Gasteiger partial charge in [0.1, 0.15) is 17.5 Å². The second kappa shape index (κ2) is 10.3. The molecule has 3 N–H and O–H groups in total. The molecule has 0 atom stereocenters. The number of nitrogen functional groups attached to an aromatic ring is 1. The number of ether oxygens (including phenoxy) is 1. The number of imidazole rings is 2. The normalized spacial score (nSPS) is 11.3. The van der Waals surface area contributed by atoms with E-state index in [4.69, 9.17) is 25.8 Å². The molecule has 0 unspecified atom stereocenters. The van der Waals surface area contributed by atoms with Crippen LogP contribution in [0.25, 0.3) is 22.1 Å². The van der Waals surface area contributed by atoms with E-state index in [1.165, 1.54) is 0 Å². The molecule has 0 radical (unpaired) electrons. The molecule has 0 aliphatic carbocycles. The van der Waals surface area contributed by atoms with Gasteiger partial charge in [-0.2, -0.15) is 0 Å². The van der Waals surface area contributed by atoms with Crippen LogP contribution >= 0.6 is 0 Å². The van der Waals surface area contributed by atoms with Gasteiger partial charge in [0.2, 0.25) is 0 Å². The van der Waals surface area contributed by atoms with Crippen molar-refractivity contribution in [1.29, 1.82) is 5.41 Å². The van der Waals surface area contributed by atoms with E-state index in [0.717, 1.165) is 44.8 Å². The summed E-state index contributed by atoms with van der Waals surface area (Å²) in [7, 11) is 2.03. The predicted octanol–water partition coefficient (Wildman–Crippen LogP) is 4.34. The van der Waals surface area contributed by atoms with Crippen LogP contribution in [-0.4, -0.2) is 37.5 Å². The lowest BCUT2D eigenvalue weighted by molar-refractivity contribution is -0.143. The molecule has 8 nitrogen and oxygen atoms in total. The lowest BCUT2D eigenvalue weighted by atomic mass is 10.1. The van der Waals surface area contributed by atoms with E-state index in [9.17, 15) is 4.79 Å². The lowest BCUT2D eigenvalue weighted by Gasteiger charge is -2.10. The molecular formula is C29H30N6O2. The topological polar surface area (TPSA) is 112 Å². The Morgan fingerprint density at radius 3 is 2.43 bits per heavy atom. The van der Waals surface area contributed by atoms with E-state index in [0.29, 0.717) is 38.0 Å². The Hall–Kier alpha value is -4.46. The zero-order valence-electron chi connectivity index (χ0n) is 21.1. The lowest BCUT2D eigenvalue weighted by Crippen LogP contribution is -2.10. The van der Waals surface area contributed by atoms with Crippen LogP contribution in [0.15, 0.2) is 66.7 Å². The number of fused-ring (bicyclic) bond motifs is 2. The number of aromatic nitrogens is 4. The SMILES string of the molecule is CCOC(=O)CCc1nc2ccccc2n1Cc1ccc2c(c1)nc(Cc1ccc(C(=N)N)cc1)n2C. The number of nitrogens with one attached hydrogen (secondary N) is 1. The van der Waals surface area contributed by atoms with Crippen LogP contribution in [0.3, 0.4) is 0 Å². The summed E-state index contributed by atoms with van der Waals surface area (Å²) in [6.45, 7) is 2.83. The van der Waals surface area contributed by atoms with Crippen molar-refractivity contribution in [2.75, 3.05) is 6.61 Å². The van der Waals surface area contributed by atoms with Gasteiger partial charge < -0.3 is 19.6 Å². The molecule has 0 aliphatic rings. The van der Waals surface area contributed by atoms with Crippen molar-refractivity contribution in [3.05, 3.63) is 95.1 Å². The molecule has 0 spiro atoms. The first kappa shape index (κ1) is 24.2. The third-order valence-electron chi connectivity index (χ3n) is 6.60. The zero-order chi connectivity index (χ0) is 25.9. The summed E-state index contributed by atoms with van der Waals surface area (Å²) in [5, 5.41) is 7.58. The summed E-state index contributed by atoms with van der Waals surface area (Å²) in [5.74, 6) is 1.69. The van der Waals surface area contributed by atoms with Gasteiger partial charge in [-0.3, -0.25) is 10.2 Å². The van der Waals surface area contributed by atoms with Crippen molar-refractivity contribution in [1.82, 2.24) is 19.1 Å². The average molecular weight is 495 g/mol. The quantitative estimate of drug-likeness (QED) is 0.180. The Morgan fingerprint density at radius 1 is 0.946 bits per heavy atom. The highest BCUT2D eigenvalue weighted by molar-refractivity contribution is 5.94. The highest BCUT2D eigenvalue weighted by Gasteiger charge is 2.15. The van der Waals surface area contributed by atoms with Gasteiger partial charge in [-0.15, -0.1) is 0 Å². The standard InChI is InChI=1S/C29H30N6O2/c1-3-37-28(36)15-14-26-32-22-6-4-5-7-25(22)35(26)18-20-10-13-24-23(16-20)33-27(34(24)2)17-19-8-11-21(12-9-19)29(30)31/h4-13,16H,3,14-15,17-18H2,1-2H3,(H3,30,31). The first-order chi connectivity index (χ1) is 17.9.